The van der Waals surface area contributed by atoms with Gasteiger partial charge in [0, 0.05) is 50.6 Å². The van der Waals surface area contributed by atoms with Gasteiger partial charge in [0.05, 0.1) is 11.4 Å². The van der Waals surface area contributed by atoms with Crippen LogP contribution in [-0.2, 0) is 5.41 Å². The zero-order valence-corrected chi connectivity index (χ0v) is 38.4. The molecule has 4 aromatic heterocycles. The molecule has 8 nitrogen and oxygen atoms in total. The molecule has 0 N–H and O–H groups in total. The van der Waals surface area contributed by atoms with Crippen molar-refractivity contribution in [1.82, 2.24) is 39.9 Å². The molecule has 334 valence electrons. The molecule has 0 aliphatic heterocycles. The maximum atomic E-state index is 5.33. The number of rotatable bonds is 8. The monoisotopic (exact) mass is 902 g/mol. The van der Waals surface area contributed by atoms with Crippen LogP contribution in [0.25, 0.3) is 102 Å². The van der Waals surface area contributed by atoms with Gasteiger partial charge in [-0.05, 0) is 114 Å². The van der Waals surface area contributed by atoms with Gasteiger partial charge in [-0.3, -0.25) is 4.98 Å². The summed E-state index contributed by atoms with van der Waals surface area (Å²) in [5, 5.41) is 0. The van der Waals surface area contributed by atoms with Crippen LogP contribution in [0.4, 0.5) is 0 Å². The first-order valence-corrected chi connectivity index (χ1v) is 24.6. The zero-order chi connectivity index (χ0) is 46.2. The molecule has 4 bridgehead atoms. The second-order valence-corrected chi connectivity index (χ2v) is 19.6. The van der Waals surface area contributed by atoms with Crippen LogP contribution >= 0.6 is 0 Å². The van der Waals surface area contributed by atoms with E-state index in [1.54, 1.807) is 0 Å². The summed E-state index contributed by atoms with van der Waals surface area (Å²) in [6, 6.07) is 65.2. The van der Waals surface area contributed by atoms with Gasteiger partial charge in [-0.15, -0.1) is 0 Å². The molecule has 8 heteroatoms. The first-order valence-electron chi connectivity index (χ1n) is 24.6. The minimum Gasteiger partial charge on any atom is -0.255 e. The predicted molar refractivity (Wildman–Crippen MR) is 276 cm³/mol. The lowest BCUT2D eigenvalue weighted by molar-refractivity contribution is -0.0399. The summed E-state index contributed by atoms with van der Waals surface area (Å²) in [4.78, 5) is 40.3. The average Bonchev–Trinajstić information content (AvgIpc) is 3.73. The van der Waals surface area contributed by atoms with E-state index >= 15 is 0 Å². The Hall–Kier alpha value is -8.36. The maximum absolute atomic E-state index is 5.33. The van der Waals surface area contributed by atoms with Crippen molar-refractivity contribution >= 4 is 0 Å². The molecule has 0 radical (unpaired) electrons. The lowest BCUT2D eigenvalue weighted by Crippen LogP contribution is -2.55. The minimum absolute atomic E-state index is 0.0718. The summed E-state index contributed by atoms with van der Waals surface area (Å²) >= 11 is 0. The van der Waals surface area contributed by atoms with Crippen molar-refractivity contribution in [2.24, 2.45) is 23.7 Å². The van der Waals surface area contributed by atoms with Crippen molar-refractivity contribution in [3.63, 3.8) is 0 Å². The summed E-state index contributed by atoms with van der Waals surface area (Å²) in [6.07, 6.45) is 8.47. The van der Waals surface area contributed by atoms with Crippen LogP contribution in [0.5, 0.6) is 0 Å². The molecule has 1 spiro atoms. The van der Waals surface area contributed by atoms with Crippen molar-refractivity contribution in [3.05, 3.63) is 205 Å². The lowest BCUT2D eigenvalue weighted by atomic mass is 9.43. The fourth-order valence-electron chi connectivity index (χ4n) is 12.8. The highest BCUT2D eigenvalue weighted by Crippen LogP contribution is 2.69. The molecule has 5 aliphatic carbocycles. The van der Waals surface area contributed by atoms with Gasteiger partial charge in [-0.2, -0.15) is 0 Å². The SMILES string of the molecule is c1ccc(-c2nc(-c3ccccc3)nc(-c3ccc(-c4ccc5c(c4)C4(c6cc(-c7cccc(-c8nc(-c9ccccc9)nc(-c9ccccc9)n8)n7)ccc6-5)C5CC6CC(C5)CC4C6)nc3)n2)cc1. The molecular weight excluding hydrogens is 857 g/mol. The van der Waals surface area contributed by atoms with Gasteiger partial charge < -0.3 is 0 Å². The second-order valence-electron chi connectivity index (χ2n) is 19.6. The largest absolute Gasteiger partial charge is 0.255 e. The molecule has 5 aliphatic rings. The fraction of sp³-hybridized carbons (Fsp3) is 0.161. The van der Waals surface area contributed by atoms with Crippen molar-refractivity contribution in [3.8, 4) is 102 Å². The molecule has 10 aromatic rings. The van der Waals surface area contributed by atoms with Gasteiger partial charge in [-0.1, -0.05) is 152 Å². The van der Waals surface area contributed by atoms with E-state index in [-0.39, 0.29) is 5.41 Å². The van der Waals surface area contributed by atoms with E-state index in [0.717, 1.165) is 62.2 Å². The quantitative estimate of drug-likeness (QED) is 0.149. The molecule has 4 saturated carbocycles. The highest BCUT2D eigenvalue weighted by molar-refractivity contribution is 5.86. The molecule has 0 amide bonds. The van der Waals surface area contributed by atoms with Gasteiger partial charge >= 0.3 is 0 Å². The van der Waals surface area contributed by atoms with Gasteiger partial charge in [0.1, 0.15) is 5.69 Å². The summed E-state index contributed by atoms with van der Waals surface area (Å²) in [7, 11) is 0. The van der Waals surface area contributed by atoms with E-state index < -0.39 is 0 Å². The van der Waals surface area contributed by atoms with Crippen molar-refractivity contribution < 1.29 is 0 Å². The highest BCUT2D eigenvalue weighted by Gasteiger charge is 2.61. The predicted octanol–water partition coefficient (Wildman–Crippen LogP) is 13.9. The molecule has 4 fully saturated rings. The average molecular weight is 903 g/mol. The van der Waals surface area contributed by atoms with Crippen LogP contribution in [0.3, 0.4) is 0 Å². The van der Waals surface area contributed by atoms with Gasteiger partial charge in [0.15, 0.2) is 34.9 Å². The third-order valence-corrected chi connectivity index (χ3v) is 15.6. The van der Waals surface area contributed by atoms with Crippen LogP contribution in [0.15, 0.2) is 194 Å². The molecule has 0 atom stereocenters. The van der Waals surface area contributed by atoms with E-state index in [0.29, 0.717) is 52.5 Å². The molecular formula is C62H46N8. The highest BCUT2D eigenvalue weighted by atomic mass is 15.1. The molecule has 15 rings (SSSR count). The number of benzene rings is 6. The van der Waals surface area contributed by atoms with E-state index in [2.05, 4.69) is 60.7 Å². The lowest BCUT2D eigenvalue weighted by Gasteiger charge is -2.61. The van der Waals surface area contributed by atoms with Crippen LogP contribution < -0.4 is 0 Å². The van der Waals surface area contributed by atoms with Crippen LogP contribution in [-0.4, -0.2) is 39.9 Å². The van der Waals surface area contributed by atoms with Gasteiger partial charge in [0.25, 0.3) is 0 Å². The minimum atomic E-state index is -0.0718. The summed E-state index contributed by atoms with van der Waals surface area (Å²) in [5.41, 5.74) is 15.0. The first kappa shape index (κ1) is 40.7. The summed E-state index contributed by atoms with van der Waals surface area (Å²) < 4.78 is 0. The standard InChI is InChI=1S/C62H46N8/c1-5-14-40(15-6-1)56-65-57(41-16-7-2-8-17-41)68-60(67-56)46-26-29-53(63-37-46)44-24-27-49-50-28-25-45(36-52(50)62(51(49)35-44)47-31-38-30-39(33-47)34-48(62)32-38)54-22-13-23-55(64-54)61-69-58(42-18-9-3-10-19-42)66-59(70-61)43-20-11-4-12-21-43/h1-29,35-39,47-48H,30-34H2. The smallest absolute Gasteiger partial charge is 0.182 e. The number of pyridine rings is 2. The number of fused-ring (bicyclic) bond motifs is 3. The Morgan fingerprint density at radius 2 is 0.700 bits per heavy atom. The Labute approximate surface area is 406 Å². The Morgan fingerprint density at radius 3 is 1.14 bits per heavy atom. The Morgan fingerprint density at radius 1 is 0.300 bits per heavy atom. The molecule has 4 heterocycles. The van der Waals surface area contributed by atoms with Crippen molar-refractivity contribution in [2.45, 2.75) is 37.5 Å². The number of nitrogens with zero attached hydrogens (tertiary/aromatic N) is 8. The van der Waals surface area contributed by atoms with E-state index in [1.807, 2.05) is 134 Å². The Balaban J connectivity index is 0.842. The van der Waals surface area contributed by atoms with Crippen LogP contribution in [0.1, 0.15) is 43.2 Å². The Kier molecular flexibility index (Phi) is 9.54. The topological polar surface area (TPSA) is 103 Å². The second kappa shape index (κ2) is 16.4. The van der Waals surface area contributed by atoms with Gasteiger partial charge in [-0.25, -0.2) is 34.9 Å². The molecule has 0 unspecified atom stereocenters. The summed E-state index contributed by atoms with van der Waals surface area (Å²) in [5.74, 6) is 6.49. The molecule has 6 aromatic carbocycles. The maximum Gasteiger partial charge on any atom is 0.182 e. The third-order valence-electron chi connectivity index (χ3n) is 15.6. The third kappa shape index (κ3) is 6.80. The fourth-order valence-corrected chi connectivity index (χ4v) is 12.8. The van der Waals surface area contributed by atoms with Gasteiger partial charge in [0.2, 0.25) is 0 Å². The van der Waals surface area contributed by atoms with Crippen molar-refractivity contribution in [1.29, 1.82) is 0 Å². The molecule has 70 heavy (non-hydrogen) atoms. The van der Waals surface area contributed by atoms with E-state index in [1.165, 1.54) is 54.4 Å². The van der Waals surface area contributed by atoms with Crippen LogP contribution in [0.2, 0.25) is 0 Å². The first-order chi connectivity index (χ1) is 34.6. The van der Waals surface area contributed by atoms with Crippen molar-refractivity contribution in [2.75, 3.05) is 0 Å². The van der Waals surface area contributed by atoms with E-state index in [9.17, 15) is 0 Å². The van der Waals surface area contributed by atoms with Crippen LogP contribution in [0, 0.1) is 23.7 Å². The number of aromatic nitrogens is 8. The summed E-state index contributed by atoms with van der Waals surface area (Å²) in [6.45, 7) is 0. The molecule has 0 saturated heterocycles. The zero-order valence-electron chi connectivity index (χ0n) is 38.4. The van der Waals surface area contributed by atoms with E-state index in [4.69, 9.17) is 39.9 Å². The number of hydrogen-bond donors (Lipinski definition) is 0. The Bertz CT molecular complexity index is 3460. The normalized spacial score (nSPS) is 20.3. The number of hydrogen-bond acceptors (Lipinski definition) is 8.